The molecule has 0 aromatic carbocycles. The third-order valence-electron chi connectivity index (χ3n) is 4.18. The lowest BCUT2D eigenvalue weighted by molar-refractivity contribution is -0.237. The number of fused-ring (bicyclic) bond motifs is 2. The van der Waals surface area contributed by atoms with Gasteiger partial charge in [-0.3, -0.25) is 4.79 Å². The van der Waals surface area contributed by atoms with Gasteiger partial charge in [0.25, 0.3) is 0 Å². The molecule has 4 fully saturated rings. The Bertz CT molecular complexity index is 268. The van der Waals surface area contributed by atoms with Gasteiger partial charge in [0.15, 0.2) is 5.79 Å². The Balaban J connectivity index is 1.94. The highest BCUT2D eigenvalue weighted by Crippen LogP contribution is 2.51. The largest absolute Gasteiger partial charge is 0.347 e. The zero-order valence-corrected chi connectivity index (χ0v) is 8.49. The lowest BCUT2D eigenvalue weighted by Gasteiger charge is -2.49. The Morgan fingerprint density at radius 3 is 2.64 bits per heavy atom. The fraction of sp³-hybridized carbons (Fsp3) is 0.909. The Morgan fingerprint density at radius 1 is 1.29 bits per heavy atom. The van der Waals surface area contributed by atoms with E-state index in [0.29, 0.717) is 24.9 Å². The number of Topliss-reactive ketones (excluding diaryl/α,β-unsaturated/α-hetero) is 1. The van der Waals surface area contributed by atoms with E-state index in [1.807, 2.05) is 0 Å². The van der Waals surface area contributed by atoms with Gasteiger partial charge in [-0.25, -0.2) is 0 Å². The Morgan fingerprint density at radius 2 is 2.00 bits per heavy atom. The summed E-state index contributed by atoms with van der Waals surface area (Å²) in [6.07, 6.45) is 3.07. The van der Waals surface area contributed by atoms with Gasteiger partial charge in [-0.1, -0.05) is 6.92 Å². The van der Waals surface area contributed by atoms with Crippen LogP contribution in [0, 0.1) is 17.8 Å². The highest BCUT2D eigenvalue weighted by Gasteiger charge is 2.58. The molecule has 14 heavy (non-hydrogen) atoms. The van der Waals surface area contributed by atoms with E-state index in [0.717, 1.165) is 12.8 Å². The molecule has 0 N–H and O–H groups in total. The molecule has 3 saturated carbocycles. The number of carbonyl (C=O) groups excluding carboxylic acids is 1. The molecule has 3 nitrogen and oxygen atoms in total. The predicted molar refractivity (Wildman–Crippen MR) is 49.6 cm³/mol. The second-order valence-corrected chi connectivity index (χ2v) is 4.79. The quantitative estimate of drug-likeness (QED) is 0.587. The molecule has 3 atom stereocenters. The maximum atomic E-state index is 12.0. The van der Waals surface area contributed by atoms with Crippen LogP contribution in [-0.2, 0) is 14.3 Å². The van der Waals surface area contributed by atoms with E-state index >= 15 is 0 Å². The van der Waals surface area contributed by atoms with Crippen molar-refractivity contribution in [1.29, 1.82) is 0 Å². The zero-order valence-electron chi connectivity index (χ0n) is 8.49. The summed E-state index contributed by atoms with van der Waals surface area (Å²) < 4.78 is 11.4. The van der Waals surface area contributed by atoms with E-state index in [2.05, 4.69) is 6.92 Å². The molecular formula is C11H16O3. The summed E-state index contributed by atoms with van der Waals surface area (Å²) in [6, 6.07) is 0. The third-order valence-corrected chi connectivity index (χ3v) is 4.18. The summed E-state index contributed by atoms with van der Waals surface area (Å²) >= 11 is 0. The van der Waals surface area contributed by atoms with Gasteiger partial charge in [0.2, 0.25) is 0 Å². The second kappa shape index (κ2) is 2.80. The predicted octanol–water partition coefficient (Wildman–Crippen LogP) is 1.36. The highest BCUT2D eigenvalue weighted by atomic mass is 16.7. The van der Waals surface area contributed by atoms with Gasteiger partial charge < -0.3 is 9.47 Å². The molecular weight excluding hydrogens is 180 g/mol. The van der Waals surface area contributed by atoms with Crippen LogP contribution < -0.4 is 0 Å². The van der Waals surface area contributed by atoms with Crippen molar-refractivity contribution >= 4 is 5.78 Å². The fourth-order valence-corrected chi connectivity index (χ4v) is 3.34. The van der Waals surface area contributed by atoms with Crippen molar-refractivity contribution in [1.82, 2.24) is 0 Å². The standard InChI is InChI=1S/C11H16O3/c1-7-8-2-3-9(10(7)12)11(6-8)13-4-5-14-11/h7-9H,2-6H2,1H3/t7-,8-,9+/m0/s1. The Hall–Kier alpha value is -0.410. The smallest absolute Gasteiger partial charge is 0.178 e. The van der Waals surface area contributed by atoms with Crippen LogP contribution in [0.5, 0.6) is 0 Å². The fourth-order valence-electron chi connectivity index (χ4n) is 3.34. The summed E-state index contributed by atoms with van der Waals surface area (Å²) in [4.78, 5) is 12.0. The van der Waals surface area contributed by atoms with Crippen molar-refractivity contribution in [3.8, 4) is 0 Å². The SMILES string of the molecule is C[C@@H]1C(=O)[C@H]2CC[C@H]1CC21OCCO1. The third kappa shape index (κ3) is 0.971. The first-order valence-electron chi connectivity index (χ1n) is 5.54. The molecule has 2 bridgehead atoms. The number of hydrogen-bond acceptors (Lipinski definition) is 3. The normalized spacial score (nSPS) is 44.9. The molecule has 1 spiro atoms. The topological polar surface area (TPSA) is 35.5 Å². The number of ether oxygens (including phenoxy) is 2. The number of hydrogen-bond donors (Lipinski definition) is 0. The van der Waals surface area contributed by atoms with Crippen LogP contribution in [0.1, 0.15) is 26.2 Å². The maximum absolute atomic E-state index is 12.0. The molecule has 0 radical (unpaired) electrons. The number of rotatable bonds is 0. The van der Waals surface area contributed by atoms with Crippen LogP contribution in [0.3, 0.4) is 0 Å². The molecule has 78 valence electrons. The summed E-state index contributed by atoms with van der Waals surface area (Å²) in [7, 11) is 0. The van der Waals surface area contributed by atoms with Crippen molar-refractivity contribution in [2.45, 2.75) is 32.0 Å². The van der Waals surface area contributed by atoms with E-state index in [1.54, 1.807) is 0 Å². The van der Waals surface area contributed by atoms with Gasteiger partial charge in [0.05, 0.1) is 19.1 Å². The van der Waals surface area contributed by atoms with Crippen molar-refractivity contribution in [3.05, 3.63) is 0 Å². The van der Waals surface area contributed by atoms with Gasteiger partial charge in [-0.15, -0.1) is 0 Å². The lowest BCUT2D eigenvalue weighted by atomic mass is 9.61. The van der Waals surface area contributed by atoms with Crippen LogP contribution in [0.15, 0.2) is 0 Å². The summed E-state index contributed by atoms with van der Waals surface area (Å²) in [6.45, 7) is 3.37. The minimum absolute atomic E-state index is 0.0185. The molecule has 0 aromatic rings. The van der Waals surface area contributed by atoms with Crippen LogP contribution in [0.2, 0.25) is 0 Å². The van der Waals surface area contributed by atoms with E-state index in [9.17, 15) is 4.79 Å². The van der Waals surface area contributed by atoms with Gasteiger partial charge in [0, 0.05) is 12.3 Å². The molecule has 0 unspecified atom stereocenters. The first-order valence-corrected chi connectivity index (χ1v) is 5.54. The van der Waals surface area contributed by atoms with E-state index in [1.165, 1.54) is 6.42 Å². The average Bonchev–Trinajstić information content (AvgIpc) is 2.62. The molecule has 0 amide bonds. The minimum Gasteiger partial charge on any atom is -0.347 e. The molecule has 3 heteroatoms. The number of carbonyl (C=O) groups is 1. The molecule has 4 aliphatic rings. The monoisotopic (exact) mass is 196 g/mol. The first-order chi connectivity index (χ1) is 6.73. The van der Waals surface area contributed by atoms with Gasteiger partial charge in [-0.05, 0) is 18.8 Å². The van der Waals surface area contributed by atoms with Gasteiger partial charge in [0.1, 0.15) is 5.78 Å². The van der Waals surface area contributed by atoms with Crippen LogP contribution in [-0.4, -0.2) is 24.8 Å². The minimum atomic E-state index is -0.507. The molecule has 1 aliphatic heterocycles. The van der Waals surface area contributed by atoms with Crippen molar-refractivity contribution < 1.29 is 14.3 Å². The summed E-state index contributed by atoms with van der Waals surface area (Å²) in [5.41, 5.74) is 0. The van der Waals surface area contributed by atoms with Crippen molar-refractivity contribution in [2.24, 2.45) is 17.8 Å². The molecule has 4 rings (SSSR count). The Kier molecular flexibility index (Phi) is 1.77. The molecule has 0 aromatic heterocycles. The maximum Gasteiger partial charge on any atom is 0.178 e. The molecule has 3 aliphatic carbocycles. The van der Waals surface area contributed by atoms with Crippen LogP contribution in [0.4, 0.5) is 0 Å². The van der Waals surface area contributed by atoms with Crippen LogP contribution in [0.25, 0.3) is 0 Å². The van der Waals surface area contributed by atoms with E-state index in [-0.39, 0.29) is 11.8 Å². The van der Waals surface area contributed by atoms with Crippen molar-refractivity contribution in [3.63, 3.8) is 0 Å². The lowest BCUT2D eigenvalue weighted by Crippen LogP contribution is -2.56. The summed E-state index contributed by atoms with van der Waals surface area (Å²) in [5.74, 6) is 0.601. The van der Waals surface area contributed by atoms with Gasteiger partial charge in [-0.2, -0.15) is 0 Å². The Labute approximate surface area is 83.8 Å². The molecule has 1 saturated heterocycles. The van der Waals surface area contributed by atoms with Crippen LogP contribution >= 0.6 is 0 Å². The van der Waals surface area contributed by atoms with E-state index in [4.69, 9.17) is 9.47 Å². The van der Waals surface area contributed by atoms with Crippen molar-refractivity contribution in [2.75, 3.05) is 13.2 Å². The average molecular weight is 196 g/mol. The highest BCUT2D eigenvalue weighted by molar-refractivity contribution is 5.86. The van der Waals surface area contributed by atoms with Gasteiger partial charge >= 0.3 is 0 Å². The summed E-state index contributed by atoms with van der Waals surface area (Å²) in [5, 5.41) is 0. The zero-order chi connectivity index (χ0) is 9.76. The first kappa shape index (κ1) is 8.86. The number of ketones is 1. The molecule has 1 heterocycles. The second-order valence-electron chi connectivity index (χ2n) is 4.79. The van der Waals surface area contributed by atoms with E-state index < -0.39 is 5.79 Å².